The molecule has 6 heteroatoms. The van der Waals surface area contributed by atoms with E-state index in [1.165, 1.54) is 11.1 Å². The van der Waals surface area contributed by atoms with Gasteiger partial charge in [0, 0.05) is 33.4 Å². The molecular weight excluding hydrogens is 405 g/mol. The zero-order valence-corrected chi connectivity index (χ0v) is 16.8. The summed E-state index contributed by atoms with van der Waals surface area (Å²) in [5.41, 5.74) is 2.40. The number of methoxy groups -OCH3 is 1. The first-order chi connectivity index (χ1) is 10.8. The number of ether oxygens (including phenoxy) is 2. The van der Waals surface area contributed by atoms with Crippen LogP contribution in [0.15, 0.2) is 29.3 Å². The fraction of sp³-hybridized carbons (Fsp3) is 0.588. The summed E-state index contributed by atoms with van der Waals surface area (Å²) >= 11 is 0. The molecule has 0 bridgehead atoms. The molecule has 1 aromatic carbocycles. The third-order valence-corrected chi connectivity index (χ3v) is 3.15. The third kappa shape index (κ3) is 9.78. The second-order valence-electron chi connectivity index (χ2n) is 4.87. The van der Waals surface area contributed by atoms with Gasteiger partial charge < -0.3 is 20.1 Å². The standard InChI is InChI=1S/C17H29N3O2.HI/c1-4-18-17(19-11-8-12-21-3)20-13-15-9-6-7-10-16(15)14-22-5-2;/h6-7,9-10H,4-5,8,11-14H2,1-3H3,(H2,18,19,20);1H. The molecule has 0 heterocycles. The van der Waals surface area contributed by atoms with E-state index in [4.69, 9.17) is 9.47 Å². The lowest BCUT2D eigenvalue weighted by Gasteiger charge is -2.12. The highest BCUT2D eigenvalue weighted by molar-refractivity contribution is 14.0. The molecule has 0 amide bonds. The average Bonchev–Trinajstić information content (AvgIpc) is 2.55. The highest BCUT2D eigenvalue weighted by Crippen LogP contribution is 2.11. The van der Waals surface area contributed by atoms with E-state index in [9.17, 15) is 0 Å². The van der Waals surface area contributed by atoms with Crippen LogP contribution in [0.4, 0.5) is 0 Å². The molecule has 0 unspecified atom stereocenters. The molecule has 0 aliphatic carbocycles. The van der Waals surface area contributed by atoms with Gasteiger partial charge in [0.2, 0.25) is 0 Å². The molecule has 5 nitrogen and oxygen atoms in total. The first kappa shape index (κ1) is 22.1. The molecule has 1 aromatic rings. The van der Waals surface area contributed by atoms with Crippen LogP contribution in [0.3, 0.4) is 0 Å². The fourth-order valence-electron chi connectivity index (χ4n) is 1.99. The van der Waals surface area contributed by atoms with Crippen LogP contribution in [0.25, 0.3) is 0 Å². The van der Waals surface area contributed by atoms with E-state index in [1.807, 2.05) is 19.1 Å². The Morgan fingerprint density at radius 3 is 2.52 bits per heavy atom. The normalized spacial score (nSPS) is 11.0. The van der Waals surface area contributed by atoms with Gasteiger partial charge >= 0.3 is 0 Å². The summed E-state index contributed by atoms with van der Waals surface area (Å²) in [6.45, 7) is 8.52. The number of halogens is 1. The van der Waals surface area contributed by atoms with E-state index in [0.29, 0.717) is 13.2 Å². The molecule has 0 fully saturated rings. The Balaban J connectivity index is 0.00000484. The number of nitrogens with one attached hydrogen (secondary N) is 2. The van der Waals surface area contributed by atoms with E-state index < -0.39 is 0 Å². The van der Waals surface area contributed by atoms with Crippen LogP contribution in [-0.2, 0) is 22.6 Å². The van der Waals surface area contributed by atoms with Gasteiger partial charge in [0.05, 0.1) is 13.2 Å². The first-order valence-electron chi connectivity index (χ1n) is 7.97. The SMILES string of the molecule is CCNC(=NCc1ccccc1COCC)NCCCOC.I. The molecule has 0 aliphatic rings. The van der Waals surface area contributed by atoms with Crippen LogP contribution in [0, 0.1) is 0 Å². The number of nitrogens with zero attached hydrogens (tertiary/aromatic N) is 1. The number of hydrogen-bond acceptors (Lipinski definition) is 3. The summed E-state index contributed by atoms with van der Waals surface area (Å²) in [6, 6.07) is 8.28. The molecule has 2 N–H and O–H groups in total. The maximum absolute atomic E-state index is 5.51. The molecule has 0 aromatic heterocycles. The number of guanidine groups is 1. The molecule has 23 heavy (non-hydrogen) atoms. The van der Waals surface area contributed by atoms with Crippen molar-refractivity contribution in [3.63, 3.8) is 0 Å². The minimum absolute atomic E-state index is 0. The molecule has 0 saturated carbocycles. The summed E-state index contributed by atoms with van der Waals surface area (Å²) < 4.78 is 10.6. The van der Waals surface area contributed by atoms with Crippen LogP contribution in [0.2, 0.25) is 0 Å². The van der Waals surface area contributed by atoms with E-state index in [0.717, 1.165) is 38.7 Å². The topological polar surface area (TPSA) is 54.9 Å². The van der Waals surface area contributed by atoms with Crippen molar-refractivity contribution in [2.24, 2.45) is 4.99 Å². The Bertz CT molecular complexity index is 442. The molecule has 0 radical (unpaired) electrons. The second-order valence-corrected chi connectivity index (χ2v) is 4.87. The maximum Gasteiger partial charge on any atom is 0.191 e. The Hall–Kier alpha value is -0.860. The molecule has 1 rings (SSSR count). The minimum Gasteiger partial charge on any atom is -0.385 e. The molecule has 0 spiro atoms. The number of hydrogen-bond donors (Lipinski definition) is 2. The molecule has 0 saturated heterocycles. The number of rotatable bonds is 10. The van der Waals surface area contributed by atoms with Gasteiger partial charge in [0.25, 0.3) is 0 Å². The Morgan fingerprint density at radius 2 is 1.87 bits per heavy atom. The van der Waals surface area contributed by atoms with Gasteiger partial charge in [-0.3, -0.25) is 0 Å². The third-order valence-electron chi connectivity index (χ3n) is 3.15. The van der Waals surface area contributed by atoms with Gasteiger partial charge in [-0.2, -0.15) is 0 Å². The lowest BCUT2D eigenvalue weighted by Crippen LogP contribution is -2.38. The van der Waals surface area contributed by atoms with Crippen molar-refractivity contribution < 1.29 is 9.47 Å². The van der Waals surface area contributed by atoms with Gasteiger partial charge in [0.1, 0.15) is 0 Å². The fourth-order valence-corrected chi connectivity index (χ4v) is 1.99. The van der Waals surface area contributed by atoms with Crippen LogP contribution in [-0.4, -0.2) is 39.4 Å². The van der Waals surface area contributed by atoms with Gasteiger partial charge in [0.15, 0.2) is 5.96 Å². The zero-order chi connectivity index (χ0) is 16.0. The quantitative estimate of drug-likeness (QED) is 0.257. The van der Waals surface area contributed by atoms with Crippen molar-refractivity contribution in [3.05, 3.63) is 35.4 Å². The zero-order valence-electron chi connectivity index (χ0n) is 14.4. The minimum atomic E-state index is 0. The van der Waals surface area contributed by atoms with Crippen LogP contribution in [0.1, 0.15) is 31.4 Å². The summed E-state index contributed by atoms with van der Waals surface area (Å²) in [5.74, 6) is 0.838. The Labute approximate surface area is 157 Å². The predicted molar refractivity (Wildman–Crippen MR) is 106 cm³/mol. The van der Waals surface area contributed by atoms with Crippen molar-refractivity contribution in [1.29, 1.82) is 0 Å². The van der Waals surface area contributed by atoms with Crippen molar-refractivity contribution in [1.82, 2.24) is 10.6 Å². The smallest absolute Gasteiger partial charge is 0.191 e. The van der Waals surface area contributed by atoms with Crippen LogP contribution in [0.5, 0.6) is 0 Å². The van der Waals surface area contributed by atoms with E-state index >= 15 is 0 Å². The highest BCUT2D eigenvalue weighted by Gasteiger charge is 2.02. The second kappa shape index (κ2) is 14.7. The van der Waals surface area contributed by atoms with Crippen LogP contribution >= 0.6 is 24.0 Å². The van der Waals surface area contributed by atoms with Crippen molar-refractivity contribution in [2.45, 2.75) is 33.4 Å². The molecule has 0 aliphatic heterocycles. The Morgan fingerprint density at radius 1 is 1.13 bits per heavy atom. The van der Waals surface area contributed by atoms with Gasteiger partial charge in [-0.1, -0.05) is 24.3 Å². The highest BCUT2D eigenvalue weighted by atomic mass is 127. The summed E-state index contributed by atoms with van der Waals surface area (Å²) in [4.78, 5) is 4.65. The van der Waals surface area contributed by atoms with Gasteiger partial charge in [-0.05, 0) is 31.4 Å². The van der Waals surface area contributed by atoms with Gasteiger partial charge in [-0.25, -0.2) is 4.99 Å². The van der Waals surface area contributed by atoms with Gasteiger partial charge in [-0.15, -0.1) is 24.0 Å². The van der Waals surface area contributed by atoms with E-state index in [-0.39, 0.29) is 24.0 Å². The van der Waals surface area contributed by atoms with Crippen LogP contribution < -0.4 is 10.6 Å². The largest absolute Gasteiger partial charge is 0.385 e. The lowest BCUT2D eigenvalue weighted by atomic mass is 10.1. The molecular formula is C17H30IN3O2. The average molecular weight is 435 g/mol. The summed E-state index contributed by atoms with van der Waals surface area (Å²) in [6.07, 6.45) is 0.960. The maximum atomic E-state index is 5.51. The van der Waals surface area contributed by atoms with E-state index in [1.54, 1.807) is 7.11 Å². The van der Waals surface area contributed by atoms with Crippen molar-refractivity contribution in [2.75, 3.05) is 33.4 Å². The summed E-state index contributed by atoms with van der Waals surface area (Å²) in [7, 11) is 1.72. The monoisotopic (exact) mass is 435 g/mol. The number of aliphatic imine (C=N–C) groups is 1. The molecule has 132 valence electrons. The summed E-state index contributed by atoms with van der Waals surface area (Å²) in [5, 5.41) is 6.58. The molecule has 0 atom stereocenters. The Kier molecular flexibility index (Phi) is 14.2. The van der Waals surface area contributed by atoms with Crippen molar-refractivity contribution >= 4 is 29.9 Å². The predicted octanol–water partition coefficient (Wildman–Crippen LogP) is 2.93. The first-order valence-corrected chi connectivity index (χ1v) is 7.97. The number of benzene rings is 1. The van der Waals surface area contributed by atoms with Crippen molar-refractivity contribution in [3.8, 4) is 0 Å². The van der Waals surface area contributed by atoms with E-state index in [2.05, 4.69) is 34.7 Å². The lowest BCUT2D eigenvalue weighted by molar-refractivity contribution is 0.133.